The van der Waals surface area contributed by atoms with Gasteiger partial charge in [-0.15, -0.1) is 5.10 Å². The van der Waals surface area contributed by atoms with Crippen LogP contribution in [0.1, 0.15) is 27.8 Å². The van der Waals surface area contributed by atoms with Crippen molar-refractivity contribution in [3.63, 3.8) is 0 Å². The van der Waals surface area contributed by atoms with Crippen LogP contribution in [0.3, 0.4) is 0 Å². The molecule has 8 nitrogen and oxygen atoms in total. The number of ether oxygens (including phenoxy) is 2. The average molecular weight is 291 g/mol. The van der Waals surface area contributed by atoms with Gasteiger partial charge in [0.1, 0.15) is 11.4 Å². The highest BCUT2D eigenvalue weighted by molar-refractivity contribution is 5.95. The number of nitrogens with one attached hydrogen (secondary N) is 1. The van der Waals surface area contributed by atoms with E-state index in [0.717, 1.165) is 0 Å². The van der Waals surface area contributed by atoms with Crippen molar-refractivity contribution in [2.24, 2.45) is 0 Å². The van der Waals surface area contributed by atoms with Crippen LogP contribution in [0.15, 0.2) is 18.2 Å². The summed E-state index contributed by atoms with van der Waals surface area (Å²) in [6, 6.07) is 4.31. The summed E-state index contributed by atoms with van der Waals surface area (Å²) in [5, 5.41) is 19.1. The van der Waals surface area contributed by atoms with Gasteiger partial charge in [0.2, 0.25) is 0 Å². The predicted octanol–water partition coefficient (Wildman–Crippen LogP) is 1.36. The Morgan fingerprint density at radius 3 is 2.67 bits per heavy atom. The summed E-state index contributed by atoms with van der Waals surface area (Å²) < 4.78 is 9.93. The van der Waals surface area contributed by atoms with Crippen LogP contribution >= 0.6 is 0 Å². The molecule has 21 heavy (non-hydrogen) atoms. The molecule has 0 fully saturated rings. The van der Waals surface area contributed by atoms with E-state index < -0.39 is 11.9 Å². The number of aromatic carboxylic acids is 1. The zero-order chi connectivity index (χ0) is 15.4. The molecule has 0 saturated heterocycles. The fraction of sp³-hybridized carbons (Fsp3) is 0.231. The maximum Gasteiger partial charge on any atom is 0.361 e. The highest BCUT2D eigenvalue weighted by Gasteiger charge is 2.20. The Hall–Kier alpha value is -2.90. The molecule has 1 aromatic carbocycles. The largest absolute Gasteiger partial charge is 0.497 e. The van der Waals surface area contributed by atoms with E-state index in [-0.39, 0.29) is 23.6 Å². The fourth-order valence-corrected chi connectivity index (χ4v) is 1.75. The number of carboxylic acids is 1. The second-order valence-electron chi connectivity index (χ2n) is 4.00. The van der Waals surface area contributed by atoms with E-state index in [1.807, 2.05) is 0 Å². The van der Waals surface area contributed by atoms with Crippen molar-refractivity contribution in [3.8, 4) is 17.0 Å². The van der Waals surface area contributed by atoms with Crippen molar-refractivity contribution in [1.29, 1.82) is 0 Å². The number of rotatable bonds is 5. The van der Waals surface area contributed by atoms with Crippen LogP contribution < -0.4 is 4.74 Å². The number of hydrogen-bond donors (Lipinski definition) is 2. The van der Waals surface area contributed by atoms with Crippen molar-refractivity contribution in [3.05, 3.63) is 29.5 Å². The summed E-state index contributed by atoms with van der Waals surface area (Å²) in [6.07, 6.45) is 0. The molecule has 2 rings (SSSR count). The lowest BCUT2D eigenvalue weighted by Crippen LogP contribution is -2.07. The van der Waals surface area contributed by atoms with Crippen LogP contribution in [0.4, 0.5) is 0 Å². The highest BCUT2D eigenvalue weighted by atomic mass is 16.5. The normalized spacial score (nSPS) is 10.2. The first-order valence-corrected chi connectivity index (χ1v) is 6.07. The van der Waals surface area contributed by atoms with E-state index >= 15 is 0 Å². The summed E-state index contributed by atoms with van der Waals surface area (Å²) >= 11 is 0. The zero-order valence-electron chi connectivity index (χ0n) is 11.4. The molecule has 0 spiro atoms. The lowest BCUT2D eigenvalue weighted by atomic mass is 10.1. The topological polar surface area (TPSA) is 114 Å². The molecule has 0 amide bonds. The van der Waals surface area contributed by atoms with Gasteiger partial charge in [0.15, 0.2) is 5.69 Å². The Bertz CT molecular complexity index is 680. The van der Waals surface area contributed by atoms with Crippen LogP contribution in [0, 0.1) is 0 Å². The van der Waals surface area contributed by atoms with Crippen molar-refractivity contribution >= 4 is 11.9 Å². The Morgan fingerprint density at radius 2 is 2.05 bits per heavy atom. The third-order valence-corrected chi connectivity index (χ3v) is 2.68. The Kier molecular flexibility index (Phi) is 4.17. The summed E-state index contributed by atoms with van der Waals surface area (Å²) in [5.74, 6) is -1.42. The molecular weight excluding hydrogens is 278 g/mol. The number of aromatic nitrogens is 3. The minimum absolute atomic E-state index is 0.0126. The third kappa shape index (κ3) is 2.99. The van der Waals surface area contributed by atoms with Gasteiger partial charge in [-0.2, -0.15) is 10.3 Å². The number of nitrogens with zero attached hydrogens (tertiary/aromatic N) is 2. The molecular formula is C13H13N3O5. The number of carbonyl (C=O) groups excluding carboxylic acids is 1. The minimum Gasteiger partial charge on any atom is -0.497 e. The maximum absolute atomic E-state index is 11.8. The SMILES string of the molecule is CCOC(=O)c1n[nH]nc1-c1cc(OC)cc(C(=O)O)c1. The van der Waals surface area contributed by atoms with Gasteiger partial charge in [-0.25, -0.2) is 9.59 Å². The van der Waals surface area contributed by atoms with Crippen LogP contribution in [-0.2, 0) is 4.74 Å². The minimum atomic E-state index is -1.11. The maximum atomic E-state index is 11.8. The predicted molar refractivity (Wildman–Crippen MR) is 71.3 cm³/mol. The van der Waals surface area contributed by atoms with Crippen molar-refractivity contribution in [2.75, 3.05) is 13.7 Å². The molecule has 2 N–H and O–H groups in total. The molecule has 0 aliphatic rings. The van der Waals surface area contributed by atoms with Crippen LogP contribution in [0.2, 0.25) is 0 Å². The number of aromatic amines is 1. The van der Waals surface area contributed by atoms with E-state index in [2.05, 4.69) is 15.4 Å². The molecule has 0 bridgehead atoms. The molecule has 2 aromatic rings. The molecule has 1 aromatic heterocycles. The fourth-order valence-electron chi connectivity index (χ4n) is 1.75. The van der Waals surface area contributed by atoms with Crippen molar-refractivity contribution in [2.45, 2.75) is 6.92 Å². The molecule has 0 aliphatic carbocycles. The van der Waals surface area contributed by atoms with Crippen LogP contribution in [-0.4, -0.2) is 46.2 Å². The summed E-state index contributed by atoms with van der Waals surface area (Å²) in [6.45, 7) is 1.87. The Morgan fingerprint density at radius 1 is 1.29 bits per heavy atom. The molecule has 8 heteroatoms. The first kappa shape index (κ1) is 14.5. The molecule has 0 radical (unpaired) electrons. The van der Waals surface area contributed by atoms with Crippen LogP contribution in [0.25, 0.3) is 11.3 Å². The Labute approximate surface area is 119 Å². The quantitative estimate of drug-likeness (QED) is 0.799. The molecule has 1 heterocycles. The second kappa shape index (κ2) is 6.04. The number of carboxylic acid groups (broad SMARTS) is 1. The van der Waals surface area contributed by atoms with E-state index in [1.54, 1.807) is 13.0 Å². The van der Waals surface area contributed by atoms with Gasteiger partial charge in [-0.05, 0) is 25.1 Å². The Balaban J connectivity index is 2.52. The molecule has 0 unspecified atom stereocenters. The van der Waals surface area contributed by atoms with E-state index in [9.17, 15) is 9.59 Å². The number of carbonyl (C=O) groups is 2. The van der Waals surface area contributed by atoms with E-state index in [4.69, 9.17) is 14.6 Å². The third-order valence-electron chi connectivity index (χ3n) is 2.68. The molecule has 0 atom stereocenters. The van der Waals surface area contributed by atoms with Gasteiger partial charge >= 0.3 is 11.9 Å². The lowest BCUT2D eigenvalue weighted by Gasteiger charge is -2.06. The monoisotopic (exact) mass is 291 g/mol. The zero-order valence-corrected chi connectivity index (χ0v) is 11.4. The van der Waals surface area contributed by atoms with Gasteiger partial charge in [0, 0.05) is 5.56 Å². The van der Waals surface area contributed by atoms with E-state index in [1.165, 1.54) is 19.2 Å². The molecule has 110 valence electrons. The van der Waals surface area contributed by atoms with E-state index in [0.29, 0.717) is 11.3 Å². The lowest BCUT2D eigenvalue weighted by molar-refractivity contribution is 0.0520. The number of hydrogen-bond acceptors (Lipinski definition) is 6. The van der Waals surface area contributed by atoms with Gasteiger partial charge in [0.05, 0.1) is 19.3 Å². The number of esters is 1. The van der Waals surface area contributed by atoms with Gasteiger partial charge < -0.3 is 14.6 Å². The first-order chi connectivity index (χ1) is 10.1. The van der Waals surface area contributed by atoms with Gasteiger partial charge in [-0.1, -0.05) is 0 Å². The number of H-pyrrole nitrogens is 1. The second-order valence-corrected chi connectivity index (χ2v) is 4.00. The molecule has 0 saturated carbocycles. The van der Waals surface area contributed by atoms with Crippen molar-refractivity contribution < 1.29 is 24.2 Å². The van der Waals surface area contributed by atoms with Gasteiger partial charge in [0.25, 0.3) is 0 Å². The smallest absolute Gasteiger partial charge is 0.361 e. The summed E-state index contributed by atoms with van der Waals surface area (Å²) in [7, 11) is 1.42. The molecule has 0 aliphatic heterocycles. The van der Waals surface area contributed by atoms with Crippen LogP contribution in [0.5, 0.6) is 5.75 Å². The average Bonchev–Trinajstić information content (AvgIpc) is 2.96. The first-order valence-electron chi connectivity index (χ1n) is 6.07. The standard InChI is InChI=1S/C13H13N3O5/c1-3-21-13(19)11-10(14-16-15-11)7-4-8(12(17)18)6-9(5-7)20-2/h4-6H,3H2,1-2H3,(H,17,18)(H,14,15,16). The van der Waals surface area contributed by atoms with Crippen molar-refractivity contribution in [1.82, 2.24) is 15.4 Å². The summed E-state index contributed by atoms with van der Waals surface area (Å²) in [5.41, 5.74) is 0.599. The number of benzene rings is 1. The highest BCUT2D eigenvalue weighted by Crippen LogP contribution is 2.26. The summed E-state index contributed by atoms with van der Waals surface area (Å²) in [4.78, 5) is 22.9. The number of methoxy groups -OCH3 is 1. The van der Waals surface area contributed by atoms with Gasteiger partial charge in [-0.3, -0.25) is 0 Å².